The average molecular weight is 639 g/mol. The van der Waals surface area contributed by atoms with Crippen molar-refractivity contribution in [1.29, 1.82) is 0 Å². The van der Waals surface area contributed by atoms with Crippen LogP contribution in [0.1, 0.15) is 42.1 Å². The molecule has 0 bridgehead atoms. The van der Waals surface area contributed by atoms with Gasteiger partial charge in [0.15, 0.2) is 4.80 Å². The SMILES string of the molecule is CCOC(=O)C1=C(C)N=c2s/c(=C/c3ccc(OCc4ccc(Cl)cc4Cl)cc3)c(=O)n2[C@@H]1c1ccc(C)c([N+](=O)[O-])c1. The number of hydrogen-bond acceptors (Lipinski definition) is 8. The van der Waals surface area contributed by atoms with Gasteiger partial charge < -0.3 is 9.47 Å². The van der Waals surface area contributed by atoms with E-state index in [0.717, 1.165) is 11.1 Å². The van der Waals surface area contributed by atoms with E-state index in [1.54, 1.807) is 69.3 Å². The number of nitro groups is 1. The van der Waals surface area contributed by atoms with Crippen molar-refractivity contribution < 1.29 is 19.2 Å². The van der Waals surface area contributed by atoms with E-state index < -0.39 is 16.9 Å². The lowest BCUT2D eigenvalue weighted by atomic mass is 9.94. The number of carbonyl (C=O) groups is 1. The molecule has 1 aliphatic heterocycles. The van der Waals surface area contributed by atoms with Crippen LogP contribution in [0.2, 0.25) is 10.0 Å². The summed E-state index contributed by atoms with van der Waals surface area (Å²) < 4.78 is 12.9. The number of nitrogens with zero attached hydrogens (tertiary/aromatic N) is 3. The number of ether oxygens (including phenoxy) is 2. The Labute approximate surface area is 260 Å². The Morgan fingerprint density at radius 1 is 1.12 bits per heavy atom. The molecule has 0 unspecified atom stereocenters. The summed E-state index contributed by atoms with van der Waals surface area (Å²) in [4.78, 5) is 43.1. The van der Waals surface area contributed by atoms with E-state index >= 15 is 0 Å². The molecule has 1 aromatic heterocycles. The van der Waals surface area contributed by atoms with Gasteiger partial charge >= 0.3 is 5.97 Å². The van der Waals surface area contributed by atoms with Gasteiger partial charge in [-0.2, -0.15) is 0 Å². The molecular formula is C31H25Cl2N3O6S. The number of allylic oxidation sites excluding steroid dienone is 1. The maximum atomic E-state index is 13.8. The van der Waals surface area contributed by atoms with Gasteiger partial charge in [0.1, 0.15) is 12.4 Å². The van der Waals surface area contributed by atoms with E-state index in [1.807, 2.05) is 12.1 Å². The zero-order chi connectivity index (χ0) is 30.8. The predicted molar refractivity (Wildman–Crippen MR) is 165 cm³/mol. The smallest absolute Gasteiger partial charge is 0.338 e. The van der Waals surface area contributed by atoms with E-state index in [4.69, 9.17) is 32.7 Å². The second kappa shape index (κ2) is 12.5. The molecule has 0 saturated carbocycles. The molecule has 2 heterocycles. The van der Waals surface area contributed by atoms with Gasteiger partial charge in [0.05, 0.1) is 33.4 Å². The first-order valence-electron chi connectivity index (χ1n) is 13.2. The summed E-state index contributed by atoms with van der Waals surface area (Å²) >= 11 is 13.4. The van der Waals surface area contributed by atoms with Crippen LogP contribution in [0.15, 0.2) is 81.7 Å². The molecule has 1 aliphatic rings. The average Bonchev–Trinajstić information content (AvgIpc) is 3.26. The van der Waals surface area contributed by atoms with Crippen LogP contribution < -0.4 is 19.6 Å². The van der Waals surface area contributed by atoms with Crippen LogP contribution in [0, 0.1) is 17.0 Å². The van der Waals surface area contributed by atoms with Crippen molar-refractivity contribution >= 4 is 52.3 Å². The third-order valence-corrected chi connectivity index (χ3v) is 8.42. The highest BCUT2D eigenvalue weighted by Crippen LogP contribution is 2.33. The standard InChI is InChI=1S/C31H25Cl2N3O6S/c1-4-41-30(38)27-18(3)34-31-35(28(27)20-8-5-17(2)25(14-20)36(39)40)29(37)26(43-31)13-19-6-11-23(12-7-19)42-16-21-9-10-22(32)15-24(21)33/h5-15,28H,4,16H2,1-3H3/b26-13+/t28-/m1/s1. The summed E-state index contributed by atoms with van der Waals surface area (Å²) in [6.45, 7) is 5.34. The zero-order valence-corrected chi connectivity index (χ0v) is 25.6. The molecule has 1 atom stereocenters. The summed E-state index contributed by atoms with van der Waals surface area (Å²) in [5, 5.41) is 12.8. The largest absolute Gasteiger partial charge is 0.489 e. The molecule has 0 N–H and O–H groups in total. The molecular weight excluding hydrogens is 613 g/mol. The molecule has 3 aromatic carbocycles. The summed E-state index contributed by atoms with van der Waals surface area (Å²) in [5.74, 6) is -0.0259. The maximum Gasteiger partial charge on any atom is 0.338 e. The predicted octanol–water partition coefficient (Wildman–Crippen LogP) is 5.90. The first-order chi connectivity index (χ1) is 20.6. The highest BCUT2D eigenvalue weighted by molar-refractivity contribution is 7.07. The molecule has 0 radical (unpaired) electrons. The molecule has 43 heavy (non-hydrogen) atoms. The van der Waals surface area contributed by atoms with E-state index in [1.165, 1.54) is 22.0 Å². The Hall–Kier alpha value is -4.25. The number of halogens is 2. The summed E-state index contributed by atoms with van der Waals surface area (Å²) in [5.41, 5.74) is 2.44. The van der Waals surface area contributed by atoms with E-state index in [0.29, 0.717) is 42.0 Å². The number of fused-ring (bicyclic) bond motifs is 1. The van der Waals surface area contributed by atoms with Crippen LogP contribution in [0.4, 0.5) is 5.69 Å². The molecule has 12 heteroatoms. The van der Waals surface area contributed by atoms with Gasteiger partial charge in [0.2, 0.25) is 0 Å². The summed E-state index contributed by atoms with van der Waals surface area (Å²) in [6, 6.07) is 16.1. The highest BCUT2D eigenvalue weighted by Gasteiger charge is 2.34. The van der Waals surface area contributed by atoms with Crippen molar-refractivity contribution in [2.24, 2.45) is 4.99 Å². The molecule has 0 spiro atoms. The third-order valence-electron chi connectivity index (χ3n) is 6.85. The third kappa shape index (κ3) is 6.27. The number of benzene rings is 3. The van der Waals surface area contributed by atoms with Crippen LogP contribution in [0.25, 0.3) is 6.08 Å². The quantitative estimate of drug-likeness (QED) is 0.135. The van der Waals surface area contributed by atoms with Crippen LogP contribution in [-0.2, 0) is 16.1 Å². The second-order valence-electron chi connectivity index (χ2n) is 9.70. The van der Waals surface area contributed by atoms with Gasteiger partial charge in [0, 0.05) is 27.2 Å². The van der Waals surface area contributed by atoms with Crippen LogP contribution in [0.5, 0.6) is 5.75 Å². The number of aryl methyl sites for hydroxylation is 1. The molecule has 0 fully saturated rings. The normalized spacial score (nSPS) is 14.7. The monoisotopic (exact) mass is 637 g/mol. The summed E-state index contributed by atoms with van der Waals surface area (Å²) in [7, 11) is 0. The highest BCUT2D eigenvalue weighted by atomic mass is 35.5. The van der Waals surface area contributed by atoms with Crippen molar-refractivity contribution in [3.63, 3.8) is 0 Å². The van der Waals surface area contributed by atoms with Gasteiger partial charge in [-0.1, -0.05) is 64.9 Å². The van der Waals surface area contributed by atoms with Crippen molar-refractivity contribution in [2.45, 2.75) is 33.4 Å². The lowest BCUT2D eigenvalue weighted by Gasteiger charge is -2.24. The second-order valence-corrected chi connectivity index (χ2v) is 11.6. The maximum absolute atomic E-state index is 13.8. The minimum atomic E-state index is -0.952. The lowest BCUT2D eigenvalue weighted by molar-refractivity contribution is -0.385. The molecule has 0 aliphatic carbocycles. The fourth-order valence-corrected chi connectivity index (χ4v) is 6.22. The van der Waals surface area contributed by atoms with Crippen LogP contribution in [0.3, 0.4) is 0 Å². The van der Waals surface area contributed by atoms with Crippen molar-refractivity contribution in [3.8, 4) is 5.75 Å². The number of thiazole rings is 1. The van der Waals surface area contributed by atoms with E-state index in [-0.39, 0.29) is 30.0 Å². The van der Waals surface area contributed by atoms with E-state index in [2.05, 4.69) is 4.99 Å². The van der Waals surface area contributed by atoms with Crippen LogP contribution in [-0.4, -0.2) is 22.1 Å². The number of carbonyl (C=O) groups excluding carboxylic acids is 1. The van der Waals surface area contributed by atoms with Gasteiger partial charge in [-0.15, -0.1) is 0 Å². The molecule has 220 valence electrons. The first-order valence-corrected chi connectivity index (χ1v) is 14.8. The Morgan fingerprint density at radius 3 is 2.53 bits per heavy atom. The Morgan fingerprint density at radius 2 is 1.86 bits per heavy atom. The van der Waals surface area contributed by atoms with Gasteiger partial charge in [-0.3, -0.25) is 19.5 Å². The first kappa shape index (κ1) is 30.2. The fraction of sp³-hybridized carbons (Fsp3) is 0.194. The zero-order valence-electron chi connectivity index (χ0n) is 23.3. The molecule has 5 rings (SSSR count). The van der Waals surface area contributed by atoms with Crippen LogP contribution >= 0.6 is 34.5 Å². The Bertz CT molecular complexity index is 1960. The number of hydrogen-bond donors (Lipinski definition) is 0. The Balaban J connectivity index is 1.52. The number of esters is 1. The topological polar surface area (TPSA) is 113 Å². The van der Waals surface area contributed by atoms with E-state index in [9.17, 15) is 19.7 Å². The van der Waals surface area contributed by atoms with Gasteiger partial charge in [0.25, 0.3) is 11.2 Å². The fourth-order valence-electron chi connectivity index (χ4n) is 4.71. The molecule has 4 aromatic rings. The minimum absolute atomic E-state index is 0.113. The summed E-state index contributed by atoms with van der Waals surface area (Å²) in [6.07, 6.45) is 1.72. The molecule has 0 amide bonds. The minimum Gasteiger partial charge on any atom is -0.489 e. The number of rotatable bonds is 8. The van der Waals surface area contributed by atoms with Gasteiger partial charge in [-0.25, -0.2) is 9.79 Å². The van der Waals surface area contributed by atoms with Crippen molar-refractivity contribution in [3.05, 3.63) is 134 Å². The lowest BCUT2D eigenvalue weighted by Crippen LogP contribution is -2.40. The van der Waals surface area contributed by atoms with Crippen molar-refractivity contribution in [1.82, 2.24) is 4.57 Å². The van der Waals surface area contributed by atoms with Crippen molar-refractivity contribution in [2.75, 3.05) is 6.61 Å². The molecule has 9 nitrogen and oxygen atoms in total. The molecule has 0 saturated heterocycles. The number of nitro benzene ring substituents is 1. The van der Waals surface area contributed by atoms with Gasteiger partial charge in [-0.05, 0) is 62.2 Å². The number of aromatic nitrogens is 1. The Kier molecular flexibility index (Phi) is 8.82.